The van der Waals surface area contributed by atoms with E-state index in [-0.39, 0.29) is 5.91 Å². The molecule has 2 N–H and O–H groups in total. The molecule has 4 nitrogen and oxygen atoms in total. The van der Waals surface area contributed by atoms with Gasteiger partial charge >= 0.3 is 0 Å². The van der Waals surface area contributed by atoms with E-state index < -0.39 is 0 Å². The molecule has 0 bridgehead atoms. The molecule has 0 saturated heterocycles. The highest BCUT2D eigenvalue weighted by Gasteiger charge is 2.13. The Morgan fingerprint density at radius 1 is 1.00 bits per heavy atom. The zero-order valence-electron chi connectivity index (χ0n) is 20.3. The van der Waals surface area contributed by atoms with Gasteiger partial charge in [0.25, 0.3) is 5.91 Å². The van der Waals surface area contributed by atoms with Crippen LogP contribution in [0.15, 0.2) is 42.5 Å². The Bertz CT molecular complexity index is 836. The van der Waals surface area contributed by atoms with E-state index in [4.69, 9.17) is 0 Å². The van der Waals surface area contributed by atoms with Crippen molar-refractivity contribution in [3.63, 3.8) is 0 Å². The van der Waals surface area contributed by atoms with Gasteiger partial charge in [-0.25, -0.2) is 0 Å². The second kappa shape index (κ2) is 12.6. The molecule has 0 heterocycles. The monoisotopic (exact) mass is 435 g/mol. The van der Waals surface area contributed by atoms with Gasteiger partial charge in [-0.1, -0.05) is 64.2 Å². The molecule has 32 heavy (non-hydrogen) atoms. The molecular formula is C28H41N3O. The molecule has 0 atom stereocenters. The number of carbonyl (C=O) groups excluding carboxylic acids is 1. The Morgan fingerprint density at radius 3 is 2.41 bits per heavy atom. The molecule has 1 amide bonds. The van der Waals surface area contributed by atoms with Gasteiger partial charge in [-0.2, -0.15) is 0 Å². The Labute approximate surface area is 194 Å². The van der Waals surface area contributed by atoms with E-state index in [9.17, 15) is 4.79 Å². The first-order valence-corrected chi connectivity index (χ1v) is 12.6. The molecule has 2 aromatic carbocycles. The standard InChI is InChI=1S/C28H41N3O/c1-4-31(5-2)21-24-14-16-25(17-15-24)28(32)30-27-20-26(18-13-22(27)3)29-19-9-12-23-10-7-6-8-11-23/h13-18,20,23,29H,4-12,19,21H2,1-3H3,(H,30,32). The van der Waals surface area contributed by atoms with Gasteiger partial charge in [0.2, 0.25) is 0 Å². The zero-order chi connectivity index (χ0) is 22.8. The van der Waals surface area contributed by atoms with Gasteiger partial charge in [0.15, 0.2) is 0 Å². The van der Waals surface area contributed by atoms with Crippen LogP contribution in [0.1, 0.15) is 80.3 Å². The number of anilines is 2. The number of aryl methyl sites for hydroxylation is 1. The topological polar surface area (TPSA) is 44.4 Å². The summed E-state index contributed by atoms with van der Waals surface area (Å²) < 4.78 is 0. The molecule has 3 rings (SSSR count). The SMILES string of the molecule is CCN(CC)Cc1ccc(C(=O)Nc2cc(NCCCC3CCCCC3)ccc2C)cc1. The third-order valence-electron chi connectivity index (χ3n) is 6.85. The molecule has 0 spiro atoms. The zero-order valence-corrected chi connectivity index (χ0v) is 20.3. The van der Waals surface area contributed by atoms with Crippen molar-refractivity contribution >= 4 is 17.3 Å². The second-order valence-corrected chi connectivity index (χ2v) is 9.22. The summed E-state index contributed by atoms with van der Waals surface area (Å²) in [5.74, 6) is 0.869. The smallest absolute Gasteiger partial charge is 0.255 e. The maximum Gasteiger partial charge on any atom is 0.255 e. The predicted molar refractivity (Wildman–Crippen MR) is 136 cm³/mol. The first-order chi connectivity index (χ1) is 15.6. The molecule has 0 unspecified atom stereocenters. The van der Waals surface area contributed by atoms with Crippen molar-refractivity contribution in [3.8, 4) is 0 Å². The van der Waals surface area contributed by atoms with Crippen molar-refractivity contribution in [2.75, 3.05) is 30.3 Å². The first kappa shape index (κ1) is 24.3. The molecule has 0 aliphatic heterocycles. The number of carbonyl (C=O) groups is 1. The van der Waals surface area contributed by atoms with Crippen molar-refractivity contribution < 1.29 is 4.79 Å². The van der Waals surface area contributed by atoms with Crippen LogP contribution in [0.2, 0.25) is 0 Å². The number of amides is 1. The van der Waals surface area contributed by atoms with E-state index in [0.717, 1.165) is 49.0 Å². The van der Waals surface area contributed by atoms with Gasteiger partial charge in [-0.3, -0.25) is 9.69 Å². The summed E-state index contributed by atoms with van der Waals surface area (Å²) in [5, 5.41) is 6.65. The molecule has 0 aromatic heterocycles. The molecule has 4 heteroatoms. The second-order valence-electron chi connectivity index (χ2n) is 9.22. The molecule has 1 saturated carbocycles. The average Bonchev–Trinajstić information content (AvgIpc) is 2.83. The maximum absolute atomic E-state index is 12.8. The van der Waals surface area contributed by atoms with Crippen LogP contribution in [0.4, 0.5) is 11.4 Å². The lowest BCUT2D eigenvalue weighted by Gasteiger charge is -2.21. The normalized spacial score (nSPS) is 14.5. The van der Waals surface area contributed by atoms with Crippen LogP contribution in [0.5, 0.6) is 0 Å². The van der Waals surface area contributed by atoms with Crippen LogP contribution in [0, 0.1) is 12.8 Å². The Hall–Kier alpha value is -2.33. The van der Waals surface area contributed by atoms with Crippen molar-refractivity contribution in [3.05, 3.63) is 59.2 Å². The fraction of sp³-hybridized carbons (Fsp3) is 0.536. The highest BCUT2D eigenvalue weighted by molar-refractivity contribution is 6.04. The molecule has 1 fully saturated rings. The van der Waals surface area contributed by atoms with Crippen molar-refractivity contribution in [1.82, 2.24) is 4.90 Å². The van der Waals surface area contributed by atoms with Gasteiger partial charge < -0.3 is 10.6 Å². The maximum atomic E-state index is 12.8. The van der Waals surface area contributed by atoms with Crippen LogP contribution in [-0.4, -0.2) is 30.4 Å². The highest BCUT2D eigenvalue weighted by atomic mass is 16.1. The number of nitrogens with one attached hydrogen (secondary N) is 2. The lowest BCUT2D eigenvalue weighted by atomic mass is 9.86. The summed E-state index contributed by atoms with van der Waals surface area (Å²) in [6, 6.07) is 14.2. The van der Waals surface area contributed by atoms with E-state index in [1.807, 2.05) is 19.1 Å². The summed E-state index contributed by atoms with van der Waals surface area (Å²) in [5.41, 5.74) is 4.95. The first-order valence-electron chi connectivity index (χ1n) is 12.6. The van der Waals surface area contributed by atoms with Gasteiger partial charge in [0.1, 0.15) is 0 Å². The Balaban J connectivity index is 1.51. The molecule has 0 radical (unpaired) electrons. The molecular weight excluding hydrogens is 394 g/mol. The van der Waals surface area contributed by atoms with E-state index in [2.05, 4.69) is 59.7 Å². The highest BCUT2D eigenvalue weighted by Crippen LogP contribution is 2.27. The quantitative estimate of drug-likeness (QED) is 0.379. The lowest BCUT2D eigenvalue weighted by Crippen LogP contribution is -2.22. The number of hydrogen-bond acceptors (Lipinski definition) is 3. The minimum atomic E-state index is -0.0584. The third-order valence-corrected chi connectivity index (χ3v) is 6.85. The lowest BCUT2D eigenvalue weighted by molar-refractivity contribution is 0.102. The fourth-order valence-electron chi connectivity index (χ4n) is 4.63. The van der Waals surface area contributed by atoms with Crippen LogP contribution >= 0.6 is 0 Å². The summed E-state index contributed by atoms with van der Waals surface area (Å²) >= 11 is 0. The number of nitrogens with zero attached hydrogens (tertiary/aromatic N) is 1. The summed E-state index contributed by atoms with van der Waals surface area (Å²) in [6.07, 6.45) is 9.61. The number of benzene rings is 2. The predicted octanol–water partition coefficient (Wildman–Crippen LogP) is 6.86. The number of rotatable bonds is 11. The van der Waals surface area contributed by atoms with E-state index in [1.165, 1.54) is 50.5 Å². The molecule has 1 aliphatic rings. The van der Waals surface area contributed by atoms with E-state index >= 15 is 0 Å². The van der Waals surface area contributed by atoms with Crippen molar-refractivity contribution in [2.45, 2.75) is 72.3 Å². The van der Waals surface area contributed by atoms with Crippen molar-refractivity contribution in [1.29, 1.82) is 0 Å². The van der Waals surface area contributed by atoms with Crippen LogP contribution in [0.3, 0.4) is 0 Å². The fourth-order valence-corrected chi connectivity index (χ4v) is 4.63. The minimum absolute atomic E-state index is 0.0584. The minimum Gasteiger partial charge on any atom is -0.385 e. The van der Waals surface area contributed by atoms with Crippen LogP contribution < -0.4 is 10.6 Å². The Kier molecular flexibility index (Phi) is 9.61. The third kappa shape index (κ3) is 7.37. The van der Waals surface area contributed by atoms with Crippen molar-refractivity contribution in [2.24, 2.45) is 5.92 Å². The van der Waals surface area contributed by atoms with Gasteiger partial charge in [-0.05, 0) is 74.2 Å². The largest absolute Gasteiger partial charge is 0.385 e. The summed E-state index contributed by atoms with van der Waals surface area (Å²) in [7, 11) is 0. The number of hydrogen-bond donors (Lipinski definition) is 2. The summed E-state index contributed by atoms with van der Waals surface area (Å²) in [4.78, 5) is 15.2. The Morgan fingerprint density at radius 2 is 1.72 bits per heavy atom. The van der Waals surface area contributed by atoms with Gasteiger partial charge in [0, 0.05) is 30.0 Å². The van der Waals surface area contributed by atoms with Crippen LogP contribution in [-0.2, 0) is 6.54 Å². The van der Waals surface area contributed by atoms with E-state index in [0.29, 0.717) is 5.56 Å². The van der Waals surface area contributed by atoms with Gasteiger partial charge in [-0.15, -0.1) is 0 Å². The molecule has 2 aromatic rings. The molecule has 1 aliphatic carbocycles. The van der Waals surface area contributed by atoms with E-state index in [1.54, 1.807) is 0 Å². The van der Waals surface area contributed by atoms with Crippen LogP contribution in [0.25, 0.3) is 0 Å². The summed E-state index contributed by atoms with van der Waals surface area (Å²) in [6.45, 7) is 10.4. The van der Waals surface area contributed by atoms with Gasteiger partial charge in [0.05, 0.1) is 0 Å². The molecule has 174 valence electrons. The average molecular weight is 436 g/mol.